The van der Waals surface area contributed by atoms with E-state index in [9.17, 15) is 17.6 Å². The monoisotopic (exact) mass is 238 g/mol. The summed E-state index contributed by atoms with van der Waals surface area (Å²) < 4.78 is 57.7. The highest BCUT2D eigenvalue weighted by Crippen LogP contribution is 2.22. The first-order valence-corrected chi connectivity index (χ1v) is 4.49. The number of ether oxygens (including phenoxy) is 2. The van der Waals surface area contributed by atoms with E-state index in [0.29, 0.717) is 0 Å². The number of rotatable bonds is 5. The number of alkyl halides is 2. The molecule has 16 heavy (non-hydrogen) atoms. The van der Waals surface area contributed by atoms with Crippen LogP contribution in [0.25, 0.3) is 0 Å². The summed E-state index contributed by atoms with van der Waals surface area (Å²) in [6.45, 7) is -2.03. The van der Waals surface area contributed by atoms with Gasteiger partial charge in [0.15, 0.2) is 0 Å². The molecule has 0 spiro atoms. The molecule has 90 valence electrons. The predicted octanol–water partition coefficient (Wildman–Crippen LogP) is 2.89. The van der Waals surface area contributed by atoms with Crippen molar-refractivity contribution in [3.8, 4) is 5.75 Å². The van der Waals surface area contributed by atoms with Crippen LogP contribution in [-0.2, 0) is 4.74 Å². The van der Waals surface area contributed by atoms with E-state index in [0.717, 1.165) is 12.1 Å². The maximum absolute atomic E-state index is 13.0. The van der Waals surface area contributed by atoms with Gasteiger partial charge in [-0.2, -0.15) is 8.78 Å². The molecule has 0 aliphatic carbocycles. The van der Waals surface area contributed by atoms with E-state index in [-0.39, 0.29) is 24.5 Å². The minimum Gasteiger partial charge on any atom is -0.491 e. The Morgan fingerprint density at radius 3 is 2.50 bits per heavy atom. The fourth-order valence-electron chi connectivity index (χ4n) is 1.06. The molecule has 0 fully saturated rings. The number of hydrogen-bond acceptors (Lipinski definition) is 2. The zero-order valence-electron chi connectivity index (χ0n) is 8.47. The standard InChI is InChI=1S/C10H10F4O2/c1-6-8(12)4-7(11)5-9(6)15-2-3-16-10(13)14/h4-5,10H,2-3H2,1H3. The lowest BCUT2D eigenvalue weighted by Gasteiger charge is -2.09. The van der Waals surface area contributed by atoms with Crippen LogP contribution in [0.3, 0.4) is 0 Å². The highest BCUT2D eigenvalue weighted by molar-refractivity contribution is 5.34. The molecule has 0 aromatic heterocycles. The molecule has 0 aliphatic heterocycles. The third kappa shape index (κ3) is 3.69. The predicted molar refractivity (Wildman–Crippen MR) is 48.5 cm³/mol. The van der Waals surface area contributed by atoms with E-state index >= 15 is 0 Å². The first-order chi connectivity index (χ1) is 7.50. The lowest BCUT2D eigenvalue weighted by atomic mass is 10.2. The van der Waals surface area contributed by atoms with Gasteiger partial charge < -0.3 is 9.47 Å². The van der Waals surface area contributed by atoms with E-state index in [4.69, 9.17) is 4.74 Å². The van der Waals surface area contributed by atoms with Crippen molar-refractivity contribution in [1.29, 1.82) is 0 Å². The van der Waals surface area contributed by atoms with Gasteiger partial charge in [0.1, 0.15) is 24.0 Å². The third-order valence-electron chi connectivity index (χ3n) is 1.85. The Balaban J connectivity index is 2.53. The number of halogens is 4. The first kappa shape index (κ1) is 12.8. The van der Waals surface area contributed by atoms with Gasteiger partial charge >= 0.3 is 6.61 Å². The second kappa shape index (κ2) is 5.69. The summed E-state index contributed by atoms with van der Waals surface area (Å²) in [4.78, 5) is 0. The van der Waals surface area contributed by atoms with E-state index in [1.165, 1.54) is 6.92 Å². The van der Waals surface area contributed by atoms with Crippen LogP contribution < -0.4 is 4.74 Å². The van der Waals surface area contributed by atoms with Gasteiger partial charge in [0.05, 0.1) is 6.61 Å². The molecule has 1 aromatic rings. The normalized spacial score (nSPS) is 10.9. The van der Waals surface area contributed by atoms with Gasteiger partial charge in [-0.1, -0.05) is 0 Å². The third-order valence-corrected chi connectivity index (χ3v) is 1.85. The van der Waals surface area contributed by atoms with E-state index in [2.05, 4.69) is 4.74 Å². The zero-order chi connectivity index (χ0) is 12.1. The Bertz CT molecular complexity index is 355. The lowest BCUT2D eigenvalue weighted by molar-refractivity contribution is -0.133. The SMILES string of the molecule is Cc1c(F)cc(F)cc1OCCOC(F)F. The molecule has 6 heteroatoms. The van der Waals surface area contributed by atoms with Crippen LogP contribution >= 0.6 is 0 Å². The van der Waals surface area contributed by atoms with Gasteiger partial charge in [0.25, 0.3) is 0 Å². The van der Waals surface area contributed by atoms with Crippen LogP contribution in [0.4, 0.5) is 17.6 Å². The van der Waals surface area contributed by atoms with E-state index in [1.54, 1.807) is 0 Å². The second-order valence-corrected chi connectivity index (χ2v) is 2.99. The molecule has 0 heterocycles. The highest BCUT2D eigenvalue weighted by Gasteiger charge is 2.08. The van der Waals surface area contributed by atoms with Crippen molar-refractivity contribution < 1.29 is 27.0 Å². The highest BCUT2D eigenvalue weighted by atomic mass is 19.3. The molecule has 0 aliphatic rings. The fourth-order valence-corrected chi connectivity index (χ4v) is 1.06. The summed E-state index contributed by atoms with van der Waals surface area (Å²) in [6, 6.07) is 1.71. The molecule has 0 radical (unpaired) electrons. The van der Waals surface area contributed by atoms with Crippen LogP contribution in [0.2, 0.25) is 0 Å². The van der Waals surface area contributed by atoms with Gasteiger partial charge in [-0.25, -0.2) is 8.78 Å². The van der Waals surface area contributed by atoms with E-state index < -0.39 is 18.2 Å². The van der Waals surface area contributed by atoms with Crippen LogP contribution in [-0.4, -0.2) is 19.8 Å². The van der Waals surface area contributed by atoms with Crippen molar-refractivity contribution in [2.24, 2.45) is 0 Å². The molecule has 0 N–H and O–H groups in total. The average Bonchev–Trinajstić information content (AvgIpc) is 2.19. The minimum atomic E-state index is -2.88. The smallest absolute Gasteiger partial charge is 0.345 e. The van der Waals surface area contributed by atoms with Gasteiger partial charge in [0.2, 0.25) is 0 Å². The molecule has 0 unspecified atom stereocenters. The molecule has 1 aromatic carbocycles. The van der Waals surface area contributed by atoms with Crippen LogP contribution in [0.15, 0.2) is 12.1 Å². The number of hydrogen-bond donors (Lipinski definition) is 0. The van der Waals surface area contributed by atoms with Gasteiger partial charge in [0, 0.05) is 17.7 Å². The van der Waals surface area contributed by atoms with Crippen molar-refractivity contribution in [1.82, 2.24) is 0 Å². The maximum atomic E-state index is 13.0. The van der Waals surface area contributed by atoms with Crippen LogP contribution in [0.5, 0.6) is 5.75 Å². The summed E-state index contributed by atoms with van der Waals surface area (Å²) in [5.74, 6) is -1.55. The first-order valence-electron chi connectivity index (χ1n) is 4.49. The van der Waals surface area contributed by atoms with Crippen molar-refractivity contribution in [3.05, 3.63) is 29.3 Å². The largest absolute Gasteiger partial charge is 0.491 e. The lowest BCUT2D eigenvalue weighted by Crippen LogP contribution is -2.10. The van der Waals surface area contributed by atoms with Crippen molar-refractivity contribution in [2.75, 3.05) is 13.2 Å². The Morgan fingerprint density at radius 2 is 1.88 bits per heavy atom. The summed E-state index contributed by atoms with van der Waals surface area (Å²) in [6.07, 6.45) is 0. The topological polar surface area (TPSA) is 18.5 Å². The average molecular weight is 238 g/mol. The second-order valence-electron chi connectivity index (χ2n) is 2.99. The summed E-state index contributed by atoms with van der Waals surface area (Å²) in [5, 5.41) is 0. The van der Waals surface area contributed by atoms with Gasteiger partial charge in [-0.05, 0) is 6.92 Å². The zero-order valence-corrected chi connectivity index (χ0v) is 8.47. The summed E-state index contributed by atoms with van der Waals surface area (Å²) in [5.41, 5.74) is 0.124. The van der Waals surface area contributed by atoms with Crippen molar-refractivity contribution in [2.45, 2.75) is 13.5 Å². The molecule has 0 saturated heterocycles. The van der Waals surface area contributed by atoms with Crippen molar-refractivity contribution >= 4 is 0 Å². The Labute approximate surface area is 89.8 Å². The summed E-state index contributed by atoms with van der Waals surface area (Å²) >= 11 is 0. The van der Waals surface area contributed by atoms with Gasteiger partial charge in [-0.15, -0.1) is 0 Å². The molecule has 0 saturated carbocycles. The molecular formula is C10H10F4O2. The Hall–Kier alpha value is -1.30. The van der Waals surface area contributed by atoms with Crippen LogP contribution in [0.1, 0.15) is 5.56 Å². The Morgan fingerprint density at radius 1 is 1.19 bits per heavy atom. The maximum Gasteiger partial charge on any atom is 0.345 e. The quantitative estimate of drug-likeness (QED) is 0.580. The van der Waals surface area contributed by atoms with Gasteiger partial charge in [-0.3, -0.25) is 0 Å². The van der Waals surface area contributed by atoms with Crippen molar-refractivity contribution in [3.63, 3.8) is 0 Å². The molecule has 1 rings (SSSR count). The number of benzene rings is 1. The van der Waals surface area contributed by atoms with E-state index in [1.807, 2.05) is 0 Å². The molecule has 0 bridgehead atoms. The molecule has 0 amide bonds. The Kier molecular flexibility index (Phi) is 4.54. The molecule has 2 nitrogen and oxygen atoms in total. The molecular weight excluding hydrogens is 228 g/mol. The molecule has 0 atom stereocenters. The minimum absolute atomic E-state index is 0.0182. The van der Waals surface area contributed by atoms with Crippen LogP contribution in [0, 0.1) is 18.6 Å². The summed E-state index contributed by atoms with van der Waals surface area (Å²) in [7, 11) is 0. The fraction of sp³-hybridized carbons (Fsp3) is 0.400.